The van der Waals surface area contributed by atoms with Gasteiger partial charge in [-0.1, -0.05) is 85.2 Å². The van der Waals surface area contributed by atoms with Gasteiger partial charge in [-0.15, -0.1) is 0 Å². The number of nitrogens with zero attached hydrogens (tertiary/aromatic N) is 3. The molecule has 1 fully saturated rings. The predicted octanol–water partition coefficient (Wildman–Crippen LogP) is 3.87. The molecule has 12 heteroatoms. The number of aliphatic hydroxyl groups is 1. The van der Waals surface area contributed by atoms with Gasteiger partial charge in [0.2, 0.25) is 23.6 Å². The average molecular weight is 732 g/mol. The van der Waals surface area contributed by atoms with E-state index >= 15 is 0 Å². The van der Waals surface area contributed by atoms with Crippen molar-refractivity contribution in [3.63, 3.8) is 0 Å². The second-order valence-corrected chi connectivity index (χ2v) is 15.6. The Bertz CT molecular complexity index is 1270. The molecule has 0 saturated carbocycles. The van der Waals surface area contributed by atoms with Crippen molar-refractivity contribution < 1.29 is 33.8 Å². The van der Waals surface area contributed by atoms with Gasteiger partial charge in [0.15, 0.2) is 0 Å². The van der Waals surface area contributed by atoms with Gasteiger partial charge in [0.1, 0.15) is 6.04 Å². The SMILES string of the molecule is CC[C@H](C)[C@@H](C(CC(=O)N1CCC[C@H]1C(OC)[C@@H](C)C(=O)N[C@H](C)C(O)c1ccccc1)OC)N(C)C(=O)[C@@H](NC(=O)[C@H](C(C)C)N(C)C)C(C)C. The summed E-state index contributed by atoms with van der Waals surface area (Å²) in [6, 6.07) is 6.72. The van der Waals surface area contributed by atoms with E-state index in [0.29, 0.717) is 18.5 Å². The van der Waals surface area contributed by atoms with E-state index in [1.54, 1.807) is 44.9 Å². The Morgan fingerprint density at radius 1 is 0.904 bits per heavy atom. The molecule has 1 aromatic rings. The standard InChI is InChI=1S/C40H69N5O7/c1-14-26(6)35(44(11)40(50)33(24(2)3)42-39(49)34(25(4)5)43(9)10)31(51-12)23-32(46)45-22-18-21-30(45)37(52-13)27(7)38(48)41-28(8)36(47)29-19-16-15-17-20-29/h15-17,19-20,24-28,30-31,33-37,47H,14,18,21-23H2,1-13H3,(H,41,48)(H,42,49)/t26-,27+,28+,30-,31?,33-,34-,35-,36?,37?/m0/s1. The molecule has 1 aromatic carbocycles. The minimum Gasteiger partial charge on any atom is -0.386 e. The van der Waals surface area contributed by atoms with Crippen molar-refractivity contribution >= 4 is 23.6 Å². The molecule has 10 atom stereocenters. The number of nitrogens with one attached hydrogen (secondary N) is 2. The molecule has 3 N–H and O–H groups in total. The first-order valence-corrected chi connectivity index (χ1v) is 19.0. The number of benzene rings is 1. The first-order valence-electron chi connectivity index (χ1n) is 19.0. The second-order valence-electron chi connectivity index (χ2n) is 15.6. The van der Waals surface area contributed by atoms with Crippen LogP contribution in [0.5, 0.6) is 0 Å². The molecule has 12 nitrogen and oxygen atoms in total. The zero-order valence-corrected chi connectivity index (χ0v) is 34.1. The third kappa shape index (κ3) is 11.5. The smallest absolute Gasteiger partial charge is 0.245 e. The van der Waals surface area contributed by atoms with E-state index in [0.717, 1.165) is 12.8 Å². The zero-order valence-electron chi connectivity index (χ0n) is 34.1. The Kier molecular flexibility index (Phi) is 18.2. The minimum absolute atomic E-state index is 0.0153. The lowest BCUT2D eigenvalue weighted by Gasteiger charge is -2.41. The Morgan fingerprint density at radius 3 is 2.02 bits per heavy atom. The van der Waals surface area contributed by atoms with Crippen molar-refractivity contribution in [1.82, 2.24) is 25.3 Å². The summed E-state index contributed by atoms with van der Waals surface area (Å²) in [6.45, 7) is 16.0. The number of carbonyl (C=O) groups excluding carboxylic acids is 4. The van der Waals surface area contributed by atoms with Crippen LogP contribution in [0.2, 0.25) is 0 Å². The molecule has 0 aliphatic carbocycles. The Labute approximate surface area is 313 Å². The normalized spacial score (nSPS) is 20.1. The molecule has 1 aliphatic rings. The monoisotopic (exact) mass is 732 g/mol. The lowest BCUT2D eigenvalue weighted by molar-refractivity contribution is -0.148. The fourth-order valence-corrected chi connectivity index (χ4v) is 7.78. The van der Waals surface area contributed by atoms with E-state index in [2.05, 4.69) is 10.6 Å². The molecule has 3 unspecified atom stereocenters. The van der Waals surface area contributed by atoms with Gasteiger partial charge in [-0.3, -0.25) is 24.1 Å². The van der Waals surface area contributed by atoms with E-state index in [1.807, 2.05) is 90.9 Å². The fraction of sp³-hybridized carbons (Fsp3) is 0.750. The van der Waals surface area contributed by atoms with E-state index in [1.165, 1.54) is 0 Å². The van der Waals surface area contributed by atoms with Gasteiger partial charge in [0, 0.05) is 27.8 Å². The van der Waals surface area contributed by atoms with Gasteiger partial charge >= 0.3 is 0 Å². The summed E-state index contributed by atoms with van der Waals surface area (Å²) >= 11 is 0. The van der Waals surface area contributed by atoms with Crippen molar-refractivity contribution in [2.75, 3.05) is 41.9 Å². The molecule has 2 rings (SSSR count). The van der Waals surface area contributed by atoms with Crippen LogP contribution in [0.1, 0.15) is 92.7 Å². The quantitative estimate of drug-likeness (QED) is 0.184. The molecule has 0 aromatic heterocycles. The summed E-state index contributed by atoms with van der Waals surface area (Å²) in [7, 11) is 8.57. The van der Waals surface area contributed by atoms with Crippen molar-refractivity contribution in [3.05, 3.63) is 35.9 Å². The first kappa shape index (κ1) is 45.1. The molecule has 1 saturated heterocycles. The van der Waals surface area contributed by atoms with Crippen LogP contribution in [0, 0.1) is 23.7 Å². The maximum atomic E-state index is 14.2. The van der Waals surface area contributed by atoms with Gasteiger partial charge in [-0.2, -0.15) is 0 Å². The Morgan fingerprint density at radius 2 is 1.52 bits per heavy atom. The van der Waals surface area contributed by atoms with Gasteiger partial charge in [-0.05, 0) is 57.2 Å². The summed E-state index contributed by atoms with van der Waals surface area (Å²) in [6.07, 6.45) is 0.148. The maximum Gasteiger partial charge on any atom is 0.245 e. The number of rotatable bonds is 20. The van der Waals surface area contributed by atoms with Crippen molar-refractivity contribution in [2.45, 2.75) is 130 Å². The molecule has 296 valence electrons. The van der Waals surface area contributed by atoms with Crippen LogP contribution in [-0.2, 0) is 28.7 Å². The number of aliphatic hydroxyl groups excluding tert-OH is 1. The highest BCUT2D eigenvalue weighted by atomic mass is 16.5. The molecule has 1 heterocycles. The van der Waals surface area contributed by atoms with Crippen molar-refractivity contribution in [1.29, 1.82) is 0 Å². The highest BCUT2D eigenvalue weighted by Crippen LogP contribution is 2.30. The van der Waals surface area contributed by atoms with E-state index in [-0.39, 0.29) is 53.8 Å². The summed E-state index contributed by atoms with van der Waals surface area (Å²) in [5, 5.41) is 16.8. The van der Waals surface area contributed by atoms with Crippen LogP contribution in [0.4, 0.5) is 0 Å². The summed E-state index contributed by atoms with van der Waals surface area (Å²) in [5.41, 5.74) is 0.711. The highest BCUT2D eigenvalue weighted by molar-refractivity contribution is 5.90. The Hall–Kier alpha value is -3.06. The van der Waals surface area contributed by atoms with Gasteiger partial charge < -0.3 is 35.0 Å². The molecular weight excluding hydrogens is 662 g/mol. The van der Waals surface area contributed by atoms with Crippen LogP contribution in [0.3, 0.4) is 0 Å². The summed E-state index contributed by atoms with van der Waals surface area (Å²) < 4.78 is 11.9. The van der Waals surface area contributed by atoms with Crippen LogP contribution in [-0.4, -0.2) is 128 Å². The van der Waals surface area contributed by atoms with Gasteiger partial charge in [0.05, 0.1) is 54.8 Å². The molecule has 0 bridgehead atoms. The number of likely N-dealkylation sites (N-methyl/N-ethyl adjacent to an activating group) is 2. The fourth-order valence-electron chi connectivity index (χ4n) is 7.78. The number of methoxy groups -OCH3 is 2. The highest BCUT2D eigenvalue weighted by Gasteiger charge is 2.43. The van der Waals surface area contributed by atoms with E-state index in [4.69, 9.17) is 9.47 Å². The lowest BCUT2D eigenvalue weighted by atomic mass is 9.89. The lowest BCUT2D eigenvalue weighted by Crippen LogP contribution is -2.59. The van der Waals surface area contributed by atoms with Crippen molar-refractivity contribution in [3.8, 4) is 0 Å². The van der Waals surface area contributed by atoms with Gasteiger partial charge in [-0.25, -0.2) is 0 Å². The maximum absolute atomic E-state index is 14.2. The molecule has 4 amide bonds. The number of hydrogen-bond donors (Lipinski definition) is 3. The first-order chi connectivity index (χ1) is 24.4. The summed E-state index contributed by atoms with van der Waals surface area (Å²) in [4.78, 5) is 60.6. The molecule has 0 spiro atoms. The van der Waals surface area contributed by atoms with Crippen LogP contribution in [0.25, 0.3) is 0 Å². The molecular formula is C40H69N5O7. The third-order valence-corrected chi connectivity index (χ3v) is 10.9. The largest absolute Gasteiger partial charge is 0.386 e. The predicted molar refractivity (Wildman–Crippen MR) is 204 cm³/mol. The van der Waals surface area contributed by atoms with Crippen molar-refractivity contribution in [2.24, 2.45) is 23.7 Å². The Balaban J connectivity index is 2.25. The van der Waals surface area contributed by atoms with Crippen LogP contribution >= 0.6 is 0 Å². The number of carbonyl (C=O) groups is 4. The number of likely N-dealkylation sites (tertiary alicyclic amines) is 1. The number of amides is 4. The molecule has 52 heavy (non-hydrogen) atoms. The minimum atomic E-state index is -0.876. The topological polar surface area (TPSA) is 141 Å². The van der Waals surface area contributed by atoms with Crippen LogP contribution < -0.4 is 10.6 Å². The van der Waals surface area contributed by atoms with Gasteiger partial charge in [0.25, 0.3) is 0 Å². The second kappa shape index (κ2) is 21.0. The van der Waals surface area contributed by atoms with Crippen LogP contribution in [0.15, 0.2) is 30.3 Å². The van der Waals surface area contributed by atoms with E-state index in [9.17, 15) is 24.3 Å². The van der Waals surface area contributed by atoms with E-state index < -0.39 is 48.4 Å². The molecule has 0 radical (unpaired) electrons. The average Bonchev–Trinajstić information content (AvgIpc) is 3.59. The zero-order chi connectivity index (χ0) is 39.4. The number of ether oxygens (including phenoxy) is 2. The third-order valence-electron chi connectivity index (χ3n) is 10.9. The molecule has 1 aliphatic heterocycles. The summed E-state index contributed by atoms with van der Waals surface area (Å²) in [5.74, 6) is -1.57. The number of hydrogen-bond acceptors (Lipinski definition) is 8.